The van der Waals surface area contributed by atoms with Gasteiger partial charge in [-0.3, -0.25) is 4.90 Å². The molecule has 29 heavy (non-hydrogen) atoms. The number of nitrogens with one attached hydrogen (secondary N) is 2. The van der Waals surface area contributed by atoms with Gasteiger partial charge in [-0.2, -0.15) is 0 Å². The molecule has 1 atom stereocenters. The molecule has 1 aromatic rings. The van der Waals surface area contributed by atoms with Gasteiger partial charge < -0.3 is 15.4 Å². The fourth-order valence-corrected chi connectivity index (χ4v) is 4.19. The van der Waals surface area contributed by atoms with Gasteiger partial charge in [0.25, 0.3) is 0 Å². The second-order valence-corrected chi connectivity index (χ2v) is 8.43. The molecule has 0 aromatic heterocycles. The minimum absolute atomic E-state index is 0. The highest BCUT2D eigenvalue weighted by molar-refractivity contribution is 14.0. The van der Waals surface area contributed by atoms with Gasteiger partial charge in [0.05, 0.1) is 19.3 Å². The minimum atomic E-state index is 0. The van der Waals surface area contributed by atoms with E-state index in [-0.39, 0.29) is 30.1 Å². The fourth-order valence-electron chi connectivity index (χ4n) is 4.19. The van der Waals surface area contributed by atoms with Crippen LogP contribution in [0.5, 0.6) is 0 Å². The molecule has 164 valence electrons. The molecule has 3 rings (SSSR count). The van der Waals surface area contributed by atoms with Crippen molar-refractivity contribution in [3.8, 4) is 0 Å². The Bertz CT molecular complexity index is 614. The van der Waals surface area contributed by atoms with E-state index < -0.39 is 0 Å². The normalized spacial score (nSPS) is 20.8. The summed E-state index contributed by atoms with van der Waals surface area (Å²) >= 11 is 0. The molecule has 2 aliphatic rings. The third-order valence-electron chi connectivity index (χ3n) is 5.77. The molecule has 2 N–H and O–H groups in total. The average Bonchev–Trinajstić information content (AvgIpc) is 3.37. The zero-order chi connectivity index (χ0) is 19.8. The molecule has 0 bridgehead atoms. The Labute approximate surface area is 194 Å². The first-order valence-electron chi connectivity index (χ1n) is 11.1. The van der Waals surface area contributed by atoms with Crippen molar-refractivity contribution in [3.05, 3.63) is 35.4 Å². The van der Waals surface area contributed by atoms with E-state index in [0.717, 1.165) is 25.1 Å². The number of rotatable bonds is 8. The zero-order valence-corrected chi connectivity index (χ0v) is 20.7. The third-order valence-corrected chi connectivity index (χ3v) is 5.77. The van der Waals surface area contributed by atoms with Crippen LogP contribution in [-0.2, 0) is 17.9 Å². The van der Waals surface area contributed by atoms with E-state index in [4.69, 9.17) is 9.73 Å². The molecule has 1 saturated carbocycles. The Kier molecular flexibility index (Phi) is 10.7. The maximum Gasteiger partial charge on any atom is 0.191 e. The number of ether oxygens (including phenoxy) is 1. The van der Waals surface area contributed by atoms with Crippen molar-refractivity contribution in [2.75, 3.05) is 19.6 Å². The van der Waals surface area contributed by atoms with Crippen LogP contribution in [0.25, 0.3) is 0 Å². The molecular weight excluding hydrogens is 475 g/mol. The van der Waals surface area contributed by atoms with Gasteiger partial charge in [-0.1, -0.05) is 37.1 Å². The SMILES string of the molecule is CCNC(=NCc1ccc(COC(C)C)cc1)NC1CCN(C2CCCC2)C1.I. The largest absolute Gasteiger partial charge is 0.374 e. The summed E-state index contributed by atoms with van der Waals surface area (Å²) in [4.78, 5) is 7.50. The summed E-state index contributed by atoms with van der Waals surface area (Å²) in [6, 6.07) is 9.93. The van der Waals surface area contributed by atoms with Crippen molar-refractivity contribution >= 4 is 29.9 Å². The smallest absolute Gasteiger partial charge is 0.191 e. The van der Waals surface area contributed by atoms with Crippen LogP contribution in [0, 0.1) is 0 Å². The van der Waals surface area contributed by atoms with Gasteiger partial charge in [0.15, 0.2) is 5.96 Å². The fraction of sp³-hybridized carbons (Fsp3) is 0.696. The van der Waals surface area contributed by atoms with Crippen LogP contribution < -0.4 is 10.6 Å². The van der Waals surface area contributed by atoms with E-state index >= 15 is 0 Å². The minimum Gasteiger partial charge on any atom is -0.374 e. The maximum atomic E-state index is 5.67. The van der Waals surface area contributed by atoms with Gasteiger partial charge in [0, 0.05) is 31.7 Å². The lowest BCUT2D eigenvalue weighted by Gasteiger charge is -2.24. The molecule has 1 aliphatic carbocycles. The Morgan fingerprint density at radius 3 is 2.48 bits per heavy atom. The zero-order valence-electron chi connectivity index (χ0n) is 18.3. The first kappa shape index (κ1) is 24.4. The average molecular weight is 514 g/mol. The first-order valence-corrected chi connectivity index (χ1v) is 11.1. The number of hydrogen-bond acceptors (Lipinski definition) is 3. The predicted octanol–water partition coefficient (Wildman–Crippen LogP) is 4.30. The standard InChI is InChI=1S/C23H38N4O.HI/c1-4-24-23(26-21-13-14-27(16-21)22-7-5-6-8-22)25-15-19-9-11-20(12-10-19)17-28-18(2)3;/h9-12,18,21-22H,4-8,13-17H2,1-3H3,(H2,24,25,26);1H. The van der Waals surface area contributed by atoms with Gasteiger partial charge >= 0.3 is 0 Å². The van der Waals surface area contributed by atoms with Crippen molar-refractivity contribution in [1.29, 1.82) is 0 Å². The second-order valence-electron chi connectivity index (χ2n) is 8.43. The summed E-state index contributed by atoms with van der Waals surface area (Å²) in [5.41, 5.74) is 2.44. The molecule has 0 spiro atoms. The number of halogens is 1. The summed E-state index contributed by atoms with van der Waals surface area (Å²) in [5.74, 6) is 0.938. The number of aliphatic imine (C=N–C) groups is 1. The van der Waals surface area contributed by atoms with Crippen molar-refractivity contribution in [1.82, 2.24) is 15.5 Å². The van der Waals surface area contributed by atoms with E-state index in [9.17, 15) is 0 Å². The predicted molar refractivity (Wildman–Crippen MR) is 132 cm³/mol. The molecule has 1 aromatic carbocycles. The van der Waals surface area contributed by atoms with Crippen LogP contribution >= 0.6 is 24.0 Å². The molecule has 1 heterocycles. The summed E-state index contributed by atoms with van der Waals surface area (Å²) in [5, 5.41) is 7.07. The Balaban J connectivity index is 0.00000300. The molecule has 6 heteroatoms. The lowest BCUT2D eigenvalue weighted by atomic mass is 10.1. The Morgan fingerprint density at radius 2 is 1.83 bits per heavy atom. The van der Waals surface area contributed by atoms with Crippen molar-refractivity contribution in [3.63, 3.8) is 0 Å². The molecule has 2 fully saturated rings. The summed E-state index contributed by atoms with van der Waals surface area (Å²) in [6.07, 6.45) is 7.07. The molecular formula is C23H39IN4O. The quantitative estimate of drug-likeness (QED) is 0.309. The molecule has 0 radical (unpaired) electrons. The van der Waals surface area contributed by atoms with Crippen LogP contribution in [-0.4, -0.2) is 48.7 Å². The second kappa shape index (κ2) is 12.7. The Morgan fingerprint density at radius 1 is 1.14 bits per heavy atom. The maximum absolute atomic E-state index is 5.67. The Hall–Kier alpha value is -0.860. The van der Waals surface area contributed by atoms with E-state index in [1.165, 1.54) is 49.8 Å². The molecule has 0 amide bonds. The number of likely N-dealkylation sites (tertiary alicyclic amines) is 1. The van der Waals surface area contributed by atoms with Gasteiger partial charge in [-0.15, -0.1) is 24.0 Å². The number of nitrogens with zero attached hydrogens (tertiary/aromatic N) is 2. The summed E-state index contributed by atoms with van der Waals surface area (Å²) in [7, 11) is 0. The highest BCUT2D eigenvalue weighted by Crippen LogP contribution is 2.26. The van der Waals surface area contributed by atoms with Gasteiger partial charge in [0.2, 0.25) is 0 Å². The van der Waals surface area contributed by atoms with Crippen LogP contribution in [0.4, 0.5) is 0 Å². The molecule has 5 nitrogen and oxygen atoms in total. The monoisotopic (exact) mass is 514 g/mol. The topological polar surface area (TPSA) is 48.9 Å². The van der Waals surface area contributed by atoms with E-state index in [2.05, 4.69) is 60.6 Å². The van der Waals surface area contributed by atoms with Crippen LogP contribution in [0.2, 0.25) is 0 Å². The lowest BCUT2D eigenvalue weighted by Crippen LogP contribution is -2.45. The molecule has 1 unspecified atom stereocenters. The van der Waals surface area contributed by atoms with Crippen molar-refractivity contribution in [2.45, 2.75) is 84.2 Å². The number of benzene rings is 1. The highest BCUT2D eigenvalue weighted by Gasteiger charge is 2.30. The van der Waals surface area contributed by atoms with E-state index in [1.807, 2.05) is 0 Å². The van der Waals surface area contributed by atoms with Gasteiger partial charge in [0.1, 0.15) is 0 Å². The highest BCUT2D eigenvalue weighted by atomic mass is 127. The first-order chi connectivity index (χ1) is 13.6. The van der Waals surface area contributed by atoms with Crippen LogP contribution in [0.3, 0.4) is 0 Å². The van der Waals surface area contributed by atoms with Gasteiger partial charge in [-0.05, 0) is 51.2 Å². The van der Waals surface area contributed by atoms with Crippen molar-refractivity contribution < 1.29 is 4.74 Å². The van der Waals surface area contributed by atoms with Gasteiger partial charge in [-0.25, -0.2) is 4.99 Å². The third kappa shape index (κ3) is 8.06. The van der Waals surface area contributed by atoms with E-state index in [1.54, 1.807) is 0 Å². The van der Waals surface area contributed by atoms with Crippen molar-refractivity contribution in [2.24, 2.45) is 4.99 Å². The lowest BCUT2D eigenvalue weighted by molar-refractivity contribution is 0.0657. The van der Waals surface area contributed by atoms with E-state index in [0.29, 0.717) is 19.2 Å². The molecule has 1 aliphatic heterocycles. The number of hydrogen-bond donors (Lipinski definition) is 2. The summed E-state index contributed by atoms with van der Waals surface area (Å²) in [6.45, 7) is 10.9. The molecule has 1 saturated heterocycles. The summed E-state index contributed by atoms with van der Waals surface area (Å²) < 4.78 is 5.67. The van der Waals surface area contributed by atoms with Crippen LogP contribution in [0.15, 0.2) is 29.3 Å². The van der Waals surface area contributed by atoms with Crippen LogP contribution in [0.1, 0.15) is 64.0 Å². The number of guanidine groups is 1.